The minimum Gasteiger partial charge on any atom is -0.387 e. The monoisotopic (exact) mass is 843 g/mol. The Balaban J connectivity index is 1.36. The van der Waals surface area contributed by atoms with Crippen LogP contribution in [0.25, 0.3) is 11.2 Å². The van der Waals surface area contributed by atoms with Crippen LogP contribution in [0, 0.1) is 0 Å². The largest absolute Gasteiger partial charge is 0.488 e. The molecule has 2 aliphatic rings. The van der Waals surface area contributed by atoms with Gasteiger partial charge < -0.3 is 49.7 Å². The Morgan fingerprint density at radius 2 is 1.54 bits per heavy atom. The lowest BCUT2D eigenvalue weighted by atomic mass is 10.1. The predicted octanol–water partition coefficient (Wildman–Crippen LogP) is -1.73. The summed E-state index contributed by atoms with van der Waals surface area (Å²) in [7, 11) is -15.6. The van der Waals surface area contributed by atoms with Crippen LogP contribution in [0.4, 0.5) is 5.82 Å². The standard InChI is InChI=1S/C20H29N7O20P4S/c1-40-15-14(45-48(32,33)41-4-8-12(29)13(30)18(43-8)26-3-2-10(28)25-20(26)31)9(5-42-49(34,35)46-50(36,37)47-51(38,39)52)44-19(15)27-7-24-11-16(21)22-6-23-17(11)27/h2-3,6-9,12-15,18-19,29-30H,4-5H2,1H3,(H,32,33)(H,34,35)(H,36,37)(H2,21,22,23)(H,25,28,31)(H2,38,39,52)/t8-,9-,12-,13-,14-,15-,18-,19-/m1/s1. The number of hydrogen-bond acceptors (Lipinski definition) is 20. The van der Waals surface area contributed by atoms with Gasteiger partial charge in [-0.3, -0.25) is 32.5 Å². The Kier molecular flexibility index (Phi) is 12.2. The van der Waals surface area contributed by atoms with E-state index < -0.39 is 104 Å². The number of methoxy groups -OCH3 is 1. The number of ether oxygens (including phenoxy) is 3. The van der Waals surface area contributed by atoms with E-state index in [1.807, 2.05) is 4.98 Å². The van der Waals surface area contributed by atoms with E-state index in [2.05, 4.69) is 35.8 Å². The highest BCUT2D eigenvalue weighted by atomic mass is 32.7. The van der Waals surface area contributed by atoms with Gasteiger partial charge in [-0.25, -0.2) is 38.0 Å². The Labute approximate surface area is 293 Å². The van der Waals surface area contributed by atoms with Crippen molar-refractivity contribution >= 4 is 59.5 Å². The highest BCUT2D eigenvalue weighted by molar-refractivity contribution is 8.44. The molecule has 4 unspecified atom stereocenters. The topological polar surface area (TPSA) is 388 Å². The number of aromatic nitrogens is 6. The second-order valence-corrected chi connectivity index (χ2v) is 18.0. The van der Waals surface area contributed by atoms with Crippen LogP contribution in [0.3, 0.4) is 0 Å². The third-order valence-electron chi connectivity index (χ3n) is 7.16. The molecule has 12 atom stereocenters. The molecule has 2 fully saturated rings. The molecule has 2 aliphatic heterocycles. The van der Waals surface area contributed by atoms with Gasteiger partial charge in [-0.2, -0.15) is 8.62 Å². The van der Waals surface area contributed by atoms with Gasteiger partial charge in [-0.15, -0.1) is 0 Å². The molecule has 9 N–H and O–H groups in total. The fraction of sp³-hybridized carbons (Fsp3) is 0.550. The average Bonchev–Trinajstić information content (AvgIpc) is 3.67. The van der Waals surface area contributed by atoms with Gasteiger partial charge in [-0.05, 0) is 0 Å². The molecule has 0 aliphatic carbocycles. The first kappa shape index (κ1) is 40.9. The molecule has 52 heavy (non-hydrogen) atoms. The van der Waals surface area contributed by atoms with Crippen LogP contribution < -0.4 is 17.0 Å². The number of nitrogens with one attached hydrogen (secondary N) is 1. The highest BCUT2D eigenvalue weighted by Crippen LogP contribution is 2.68. The zero-order valence-corrected chi connectivity index (χ0v) is 30.3. The maximum Gasteiger partial charge on any atom is 0.488 e. The second-order valence-electron chi connectivity index (χ2n) is 10.6. The number of aromatic amines is 1. The minimum atomic E-state index is -5.76. The summed E-state index contributed by atoms with van der Waals surface area (Å²) in [5.74, 6) is -0.0478. The number of fused-ring (bicyclic) bond motifs is 1. The summed E-state index contributed by atoms with van der Waals surface area (Å²) < 4.78 is 90.6. The van der Waals surface area contributed by atoms with Crippen LogP contribution in [0.2, 0.25) is 0 Å². The predicted molar refractivity (Wildman–Crippen MR) is 169 cm³/mol. The first-order valence-electron chi connectivity index (χ1n) is 14.0. The molecule has 290 valence electrons. The first-order valence-corrected chi connectivity index (χ1v) is 21.2. The van der Waals surface area contributed by atoms with Crippen LogP contribution in [0.15, 0.2) is 34.5 Å². The zero-order chi connectivity index (χ0) is 38.4. The maximum absolute atomic E-state index is 13.3. The van der Waals surface area contributed by atoms with Gasteiger partial charge >= 0.3 is 36.0 Å². The summed E-state index contributed by atoms with van der Waals surface area (Å²) in [6.07, 6.45) is -9.85. The lowest BCUT2D eigenvalue weighted by Crippen LogP contribution is -2.38. The van der Waals surface area contributed by atoms with Crippen molar-refractivity contribution in [2.45, 2.75) is 49.1 Å². The Morgan fingerprint density at radius 3 is 2.19 bits per heavy atom. The van der Waals surface area contributed by atoms with Gasteiger partial charge in [0.05, 0.1) is 19.5 Å². The maximum atomic E-state index is 13.3. The van der Waals surface area contributed by atoms with Gasteiger partial charge in [0.25, 0.3) is 5.56 Å². The molecule has 0 aromatic carbocycles. The molecule has 27 nitrogen and oxygen atoms in total. The smallest absolute Gasteiger partial charge is 0.387 e. The van der Waals surface area contributed by atoms with E-state index in [0.717, 1.165) is 30.3 Å². The number of phosphoric acid groups is 3. The molecule has 32 heteroatoms. The number of anilines is 1. The summed E-state index contributed by atoms with van der Waals surface area (Å²) in [5.41, 5.74) is 4.23. The van der Waals surface area contributed by atoms with Gasteiger partial charge in [0.1, 0.15) is 48.5 Å². The molecule has 0 saturated carbocycles. The van der Waals surface area contributed by atoms with Crippen molar-refractivity contribution in [2.75, 3.05) is 26.1 Å². The number of nitrogen functional groups attached to an aromatic ring is 1. The quantitative estimate of drug-likeness (QED) is 0.0606. The molecule has 0 amide bonds. The number of rotatable bonds is 15. The van der Waals surface area contributed by atoms with E-state index in [-0.39, 0.29) is 17.0 Å². The molecule has 0 bridgehead atoms. The Morgan fingerprint density at radius 1 is 0.885 bits per heavy atom. The number of H-pyrrole nitrogens is 1. The zero-order valence-electron chi connectivity index (χ0n) is 25.8. The summed E-state index contributed by atoms with van der Waals surface area (Å²) in [4.78, 5) is 76.9. The van der Waals surface area contributed by atoms with Gasteiger partial charge in [-0.1, -0.05) is 12.2 Å². The first-order chi connectivity index (χ1) is 24.1. The number of imidazole rings is 1. The number of nitrogens with zero attached hydrogens (tertiary/aromatic N) is 5. The molecule has 3 aromatic heterocycles. The van der Waals surface area contributed by atoms with E-state index >= 15 is 0 Å². The lowest BCUT2D eigenvalue weighted by molar-refractivity contribution is -0.0610. The van der Waals surface area contributed by atoms with Crippen LogP contribution in [0.1, 0.15) is 12.5 Å². The Bertz CT molecular complexity index is 2100. The van der Waals surface area contributed by atoms with E-state index in [1.54, 1.807) is 0 Å². The third kappa shape index (κ3) is 9.51. The molecule has 0 spiro atoms. The summed E-state index contributed by atoms with van der Waals surface area (Å²) in [5, 5.41) is 20.9. The number of phosphoric ester groups is 2. The van der Waals surface area contributed by atoms with Crippen molar-refractivity contribution in [3.05, 3.63) is 45.8 Å². The fourth-order valence-corrected chi connectivity index (χ4v) is 9.87. The van der Waals surface area contributed by atoms with Gasteiger partial charge in [0.15, 0.2) is 23.9 Å². The van der Waals surface area contributed by atoms with Crippen molar-refractivity contribution < 1.29 is 84.4 Å². The van der Waals surface area contributed by atoms with Crippen LogP contribution >= 0.6 is 42.5 Å². The summed E-state index contributed by atoms with van der Waals surface area (Å²) in [6.45, 7) is -7.13. The number of hydrogen-bond donors (Lipinski definition) is 9. The third-order valence-corrected chi connectivity index (χ3v) is 12.6. The Hall–Kier alpha value is -2.26. The average molecular weight is 843 g/mol. The van der Waals surface area contributed by atoms with Crippen molar-refractivity contribution in [3.63, 3.8) is 0 Å². The van der Waals surface area contributed by atoms with E-state index in [1.165, 1.54) is 10.9 Å². The number of aliphatic hydroxyl groups is 2. The van der Waals surface area contributed by atoms with Gasteiger partial charge in [0.2, 0.25) is 0 Å². The summed E-state index contributed by atoms with van der Waals surface area (Å²) in [6, 6.07) is 0.939. The molecular weight excluding hydrogens is 814 g/mol. The van der Waals surface area contributed by atoms with Crippen molar-refractivity contribution in [1.29, 1.82) is 0 Å². The minimum absolute atomic E-state index is 0.0478. The van der Waals surface area contributed by atoms with E-state index in [4.69, 9.17) is 38.4 Å². The summed E-state index contributed by atoms with van der Waals surface area (Å²) >= 11 is 3.02. The number of thiol groups is 1. The normalized spacial score (nSPS) is 31.2. The SMILES string of the molecule is CO[C@@H]1[C@H](OP(=O)(O)OC[C@H]2O[C@@H](n3ccc(=O)[nH]c3=O)[C@H](O)[C@@H]2O)[C@@H](COP(=O)(O)OP(=O)(O)OP(=O)(O)S)O[C@H]1n1cnc2c(N)ncnc21. The van der Waals surface area contributed by atoms with Crippen LogP contribution in [-0.2, 0) is 54.7 Å². The molecule has 2 saturated heterocycles. The molecule has 0 radical (unpaired) electrons. The lowest BCUT2D eigenvalue weighted by Gasteiger charge is -2.26. The molecule has 3 aromatic rings. The van der Waals surface area contributed by atoms with Crippen LogP contribution in [0.5, 0.6) is 0 Å². The van der Waals surface area contributed by atoms with Crippen molar-refractivity contribution in [2.24, 2.45) is 0 Å². The fourth-order valence-electron chi connectivity index (χ4n) is 5.05. The molecular formula is C20H29N7O20P4S. The molecule has 5 heterocycles. The molecule has 5 rings (SSSR count). The second kappa shape index (κ2) is 15.5. The number of nitrogens with two attached hydrogens (primary N) is 1. The van der Waals surface area contributed by atoms with Crippen molar-refractivity contribution in [3.8, 4) is 0 Å². The van der Waals surface area contributed by atoms with E-state index in [0.29, 0.717) is 0 Å². The van der Waals surface area contributed by atoms with E-state index in [9.17, 15) is 52.7 Å². The number of aliphatic hydroxyl groups excluding tert-OH is 2. The van der Waals surface area contributed by atoms with Crippen molar-refractivity contribution in [1.82, 2.24) is 29.1 Å². The highest BCUT2D eigenvalue weighted by Gasteiger charge is 2.52. The van der Waals surface area contributed by atoms with Gasteiger partial charge in [0, 0.05) is 19.4 Å². The van der Waals surface area contributed by atoms with Crippen LogP contribution in [-0.4, -0.2) is 116 Å².